The van der Waals surface area contributed by atoms with Crippen LogP contribution < -0.4 is 10.1 Å². The first kappa shape index (κ1) is 14.8. The summed E-state index contributed by atoms with van der Waals surface area (Å²) in [5.41, 5.74) is 4.56. The number of hydrogen-bond donors (Lipinski definition) is 2. The third kappa shape index (κ3) is 2.52. The largest absolute Gasteiger partial charge is 0.508 e. The van der Waals surface area contributed by atoms with Crippen molar-refractivity contribution in [2.75, 3.05) is 11.9 Å². The lowest BCUT2D eigenvalue weighted by atomic mass is 9.97. The van der Waals surface area contributed by atoms with Gasteiger partial charge < -0.3 is 15.2 Å². The monoisotopic (exact) mass is 297 g/mol. The summed E-state index contributed by atoms with van der Waals surface area (Å²) in [6, 6.07) is 11.9. The lowest BCUT2D eigenvalue weighted by molar-refractivity contribution is 0.341. The minimum atomic E-state index is 0.117. The minimum Gasteiger partial charge on any atom is -0.508 e. The van der Waals surface area contributed by atoms with Gasteiger partial charge in [-0.1, -0.05) is 25.1 Å². The number of nitrogens with one attached hydrogen (secondary N) is 1. The Morgan fingerprint density at radius 3 is 2.73 bits per heavy atom. The van der Waals surface area contributed by atoms with Crippen LogP contribution in [0.3, 0.4) is 0 Å². The maximum absolute atomic E-state index is 10.3. The first-order valence-corrected chi connectivity index (χ1v) is 7.92. The summed E-state index contributed by atoms with van der Waals surface area (Å²) in [6.07, 6.45) is 0.980. The lowest BCUT2D eigenvalue weighted by Crippen LogP contribution is -2.09. The van der Waals surface area contributed by atoms with Gasteiger partial charge >= 0.3 is 0 Å². The Morgan fingerprint density at radius 1 is 1.18 bits per heavy atom. The Kier molecular flexibility index (Phi) is 3.97. The number of fused-ring (bicyclic) bond motifs is 1. The Morgan fingerprint density at radius 2 is 1.95 bits per heavy atom. The lowest BCUT2D eigenvalue weighted by Gasteiger charge is -2.19. The number of benzene rings is 2. The van der Waals surface area contributed by atoms with Gasteiger partial charge in [-0.2, -0.15) is 0 Å². The fourth-order valence-corrected chi connectivity index (χ4v) is 3.53. The molecule has 22 heavy (non-hydrogen) atoms. The molecular weight excluding hydrogens is 274 g/mol. The summed E-state index contributed by atoms with van der Waals surface area (Å²) >= 11 is 0. The number of rotatable bonds is 4. The molecule has 0 fully saturated rings. The van der Waals surface area contributed by atoms with Gasteiger partial charge in [-0.25, -0.2) is 0 Å². The van der Waals surface area contributed by atoms with Crippen LogP contribution in [0.1, 0.15) is 48.9 Å². The van der Waals surface area contributed by atoms with Crippen molar-refractivity contribution in [2.24, 2.45) is 0 Å². The van der Waals surface area contributed by atoms with E-state index in [1.807, 2.05) is 37.3 Å². The van der Waals surface area contributed by atoms with E-state index >= 15 is 0 Å². The first-order chi connectivity index (χ1) is 10.6. The SMILES string of the molecule is CCOc1ccccc1NC1CC(C)c2c(C)ccc(O)c21. The zero-order valence-corrected chi connectivity index (χ0v) is 13.4. The topological polar surface area (TPSA) is 41.5 Å². The molecule has 1 aliphatic carbocycles. The molecule has 0 bridgehead atoms. The second-order valence-electron chi connectivity index (χ2n) is 5.99. The Balaban J connectivity index is 1.95. The summed E-state index contributed by atoms with van der Waals surface area (Å²) in [5.74, 6) is 1.69. The number of ether oxygens (including phenoxy) is 1. The number of aryl methyl sites for hydroxylation is 1. The molecule has 3 nitrogen and oxygen atoms in total. The molecule has 0 saturated carbocycles. The summed E-state index contributed by atoms with van der Waals surface area (Å²) in [6.45, 7) is 6.96. The van der Waals surface area contributed by atoms with E-state index in [-0.39, 0.29) is 6.04 Å². The van der Waals surface area contributed by atoms with Crippen LogP contribution in [-0.4, -0.2) is 11.7 Å². The van der Waals surface area contributed by atoms with Crippen molar-refractivity contribution in [1.82, 2.24) is 0 Å². The van der Waals surface area contributed by atoms with E-state index in [1.165, 1.54) is 11.1 Å². The number of anilines is 1. The van der Waals surface area contributed by atoms with E-state index in [4.69, 9.17) is 4.74 Å². The second kappa shape index (κ2) is 5.91. The van der Waals surface area contributed by atoms with Crippen LogP contribution in [0.25, 0.3) is 0 Å². The van der Waals surface area contributed by atoms with Crippen LogP contribution in [0.2, 0.25) is 0 Å². The van der Waals surface area contributed by atoms with Crippen molar-refractivity contribution in [3.05, 3.63) is 53.1 Å². The van der Waals surface area contributed by atoms with E-state index in [9.17, 15) is 5.11 Å². The molecule has 0 radical (unpaired) electrons. The number of aromatic hydroxyl groups is 1. The molecule has 3 rings (SSSR count). The van der Waals surface area contributed by atoms with Gasteiger partial charge in [0, 0.05) is 5.56 Å². The second-order valence-corrected chi connectivity index (χ2v) is 5.99. The average molecular weight is 297 g/mol. The Hall–Kier alpha value is -2.16. The van der Waals surface area contributed by atoms with Crippen LogP contribution in [0.15, 0.2) is 36.4 Å². The molecule has 2 unspecified atom stereocenters. The van der Waals surface area contributed by atoms with Gasteiger partial charge in [0.05, 0.1) is 18.3 Å². The molecule has 1 aliphatic rings. The summed E-state index contributed by atoms with van der Waals surface area (Å²) < 4.78 is 5.69. The van der Waals surface area contributed by atoms with Gasteiger partial charge in [-0.3, -0.25) is 0 Å². The fourth-order valence-electron chi connectivity index (χ4n) is 3.53. The summed E-state index contributed by atoms with van der Waals surface area (Å²) in [4.78, 5) is 0. The third-order valence-corrected chi connectivity index (χ3v) is 4.43. The standard InChI is InChI=1S/C19H23NO2/c1-4-22-17-8-6-5-7-14(17)20-15-11-13(3)18-12(2)9-10-16(21)19(15)18/h5-10,13,15,20-21H,4,11H2,1-3H3. The molecule has 0 aliphatic heterocycles. The molecule has 2 aromatic rings. The van der Waals surface area contributed by atoms with Gasteiger partial charge in [0.1, 0.15) is 11.5 Å². The van der Waals surface area contributed by atoms with Gasteiger partial charge in [0.25, 0.3) is 0 Å². The minimum absolute atomic E-state index is 0.117. The number of para-hydroxylation sites is 2. The Bertz CT molecular complexity index is 681. The van der Waals surface area contributed by atoms with Gasteiger partial charge in [-0.15, -0.1) is 0 Å². The zero-order chi connectivity index (χ0) is 15.7. The first-order valence-electron chi connectivity index (χ1n) is 7.92. The van der Waals surface area contributed by atoms with E-state index in [0.29, 0.717) is 18.3 Å². The van der Waals surface area contributed by atoms with E-state index in [2.05, 4.69) is 19.2 Å². The highest BCUT2D eigenvalue weighted by Gasteiger charge is 2.32. The molecule has 2 N–H and O–H groups in total. The maximum atomic E-state index is 10.3. The smallest absolute Gasteiger partial charge is 0.142 e. The fraction of sp³-hybridized carbons (Fsp3) is 0.368. The molecule has 2 atom stereocenters. The third-order valence-electron chi connectivity index (χ3n) is 4.43. The van der Waals surface area contributed by atoms with E-state index in [0.717, 1.165) is 23.4 Å². The van der Waals surface area contributed by atoms with Crippen LogP contribution in [-0.2, 0) is 0 Å². The van der Waals surface area contributed by atoms with Gasteiger partial charge in [0.2, 0.25) is 0 Å². The van der Waals surface area contributed by atoms with Crippen molar-refractivity contribution in [3.8, 4) is 11.5 Å². The number of phenols is 1. The Labute approximate surface area is 131 Å². The predicted octanol–water partition coefficient (Wildman–Crippen LogP) is 4.76. The normalized spacial score (nSPS) is 19.8. The maximum Gasteiger partial charge on any atom is 0.142 e. The van der Waals surface area contributed by atoms with Crippen LogP contribution in [0.4, 0.5) is 5.69 Å². The molecule has 116 valence electrons. The molecule has 2 aromatic carbocycles. The van der Waals surface area contributed by atoms with Crippen LogP contribution >= 0.6 is 0 Å². The molecule has 0 heterocycles. The van der Waals surface area contributed by atoms with Crippen molar-refractivity contribution >= 4 is 5.69 Å². The quantitative estimate of drug-likeness (QED) is 0.855. The van der Waals surface area contributed by atoms with Crippen molar-refractivity contribution in [3.63, 3.8) is 0 Å². The van der Waals surface area contributed by atoms with E-state index < -0.39 is 0 Å². The van der Waals surface area contributed by atoms with Crippen LogP contribution in [0.5, 0.6) is 11.5 Å². The number of phenolic OH excluding ortho intramolecular Hbond substituents is 1. The van der Waals surface area contributed by atoms with Crippen LogP contribution in [0, 0.1) is 6.92 Å². The molecule has 0 saturated heterocycles. The average Bonchev–Trinajstić information content (AvgIpc) is 2.83. The number of hydrogen-bond acceptors (Lipinski definition) is 3. The highest BCUT2D eigenvalue weighted by Crippen LogP contribution is 2.47. The highest BCUT2D eigenvalue weighted by molar-refractivity contribution is 5.60. The molecular formula is C19H23NO2. The van der Waals surface area contributed by atoms with Crippen molar-refractivity contribution < 1.29 is 9.84 Å². The highest BCUT2D eigenvalue weighted by atomic mass is 16.5. The van der Waals surface area contributed by atoms with Gasteiger partial charge in [0.15, 0.2) is 0 Å². The molecule has 0 spiro atoms. The predicted molar refractivity (Wildman–Crippen MR) is 89.9 cm³/mol. The van der Waals surface area contributed by atoms with Crippen molar-refractivity contribution in [2.45, 2.75) is 39.2 Å². The zero-order valence-electron chi connectivity index (χ0n) is 13.4. The van der Waals surface area contributed by atoms with E-state index in [1.54, 1.807) is 6.07 Å². The molecule has 0 amide bonds. The van der Waals surface area contributed by atoms with Crippen molar-refractivity contribution in [1.29, 1.82) is 0 Å². The summed E-state index contributed by atoms with van der Waals surface area (Å²) in [5, 5.41) is 13.9. The molecule has 3 heteroatoms. The van der Waals surface area contributed by atoms with Gasteiger partial charge in [-0.05, 0) is 55.5 Å². The summed E-state index contributed by atoms with van der Waals surface area (Å²) in [7, 11) is 0. The molecule has 0 aromatic heterocycles.